The average molecular weight is 340 g/mol. The third-order valence-electron chi connectivity index (χ3n) is 4.33. The van der Waals surface area contributed by atoms with Crippen molar-refractivity contribution in [2.75, 3.05) is 7.11 Å². The highest BCUT2D eigenvalue weighted by Gasteiger charge is 2.53. The number of ether oxygens (including phenoxy) is 1. The Kier molecular flexibility index (Phi) is 4.57. The zero-order valence-electron chi connectivity index (χ0n) is 13.9. The van der Waals surface area contributed by atoms with Crippen LogP contribution >= 0.6 is 0 Å². The first kappa shape index (κ1) is 17.1. The lowest BCUT2D eigenvalue weighted by Gasteiger charge is -2.42. The molecule has 0 spiro atoms. The van der Waals surface area contributed by atoms with Gasteiger partial charge in [-0.05, 0) is 11.1 Å². The van der Waals surface area contributed by atoms with Crippen LogP contribution in [-0.2, 0) is 27.2 Å². The van der Waals surface area contributed by atoms with Crippen LogP contribution in [-0.4, -0.2) is 35.5 Å². The summed E-state index contributed by atoms with van der Waals surface area (Å²) in [5.74, 6) is -1.29. The fourth-order valence-corrected chi connectivity index (χ4v) is 2.93. The van der Waals surface area contributed by atoms with E-state index in [1.165, 1.54) is 7.11 Å². The molecule has 3 rings (SSSR count). The summed E-state index contributed by atoms with van der Waals surface area (Å²) < 4.78 is 5.35. The van der Waals surface area contributed by atoms with Crippen LogP contribution in [0.3, 0.4) is 0 Å². The van der Waals surface area contributed by atoms with Crippen LogP contribution in [0.25, 0.3) is 0 Å². The molecular formula is C19H20N2O4. The van der Waals surface area contributed by atoms with E-state index in [0.29, 0.717) is 0 Å². The number of piperazine rings is 1. The first-order valence-electron chi connectivity index (χ1n) is 7.98. The smallest absolute Gasteiger partial charge is 0.276 e. The number of amides is 2. The fraction of sp³-hybridized carbons (Fsp3) is 0.263. The molecule has 1 aliphatic heterocycles. The standard InChI is InChI=1S/C19H20N2O4/c1-25-19(13-15-10-6-3-7-11-15)17(23)20-18(24,16(22)21-19)12-14-8-4-2-5-9-14/h2-11,24H,12-13H2,1H3,(H,20,23)(H,21,22)/t18-,19-/m1/s1. The van der Waals surface area contributed by atoms with Crippen LogP contribution in [0.2, 0.25) is 0 Å². The minimum Gasteiger partial charge on any atom is -0.363 e. The van der Waals surface area contributed by atoms with Gasteiger partial charge in [-0.1, -0.05) is 60.7 Å². The summed E-state index contributed by atoms with van der Waals surface area (Å²) in [6, 6.07) is 18.2. The molecule has 1 aliphatic rings. The van der Waals surface area contributed by atoms with E-state index < -0.39 is 23.3 Å². The monoisotopic (exact) mass is 340 g/mol. The van der Waals surface area contributed by atoms with Crippen LogP contribution < -0.4 is 10.6 Å². The Balaban J connectivity index is 1.83. The number of hydrogen-bond acceptors (Lipinski definition) is 4. The zero-order chi connectivity index (χ0) is 17.9. The molecule has 1 saturated heterocycles. The van der Waals surface area contributed by atoms with E-state index in [2.05, 4.69) is 10.6 Å². The molecule has 6 nitrogen and oxygen atoms in total. The van der Waals surface area contributed by atoms with E-state index in [4.69, 9.17) is 4.74 Å². The molecule has 6 heteroatoms. The Labute approximate surface area is 145 Å². The maximum atomic E-state index is 12.7. The summed E-state index contributed by atoms with van der Waals surface area (Å²) in [6.45, 7) is 0. The van der Waals surface area contributed by atoms with E-state index in [0.717, 1.165) is 11.1 Å². The molecule has 0 aliphatic carbocycles. The van der Waals surface area contributed by atoms with Crippen molar-refractivity contribution in [3.05, 3.63) is 71.8 Å². The topological polar surface area (TPSA) is 87.7 Å². The van der Waals surface area contributed by atoms with Crippen LogP contribution in [0.5, 0.6) is 0 Å². The van der Waals surface area contributed by atoms with Crippen molar-refractivity contribution in [1.29, 1.82) is 0 Å². The summed E-state index contributed by atoms with van der Waals surface area (Å²) in [6.07, 6.45) is 0.125. The molecule has 1 fully saturated rings. The second kappa shape index (κ2) is 6.66. The van der Waals surface area contributed by atoms with Gasteiger partial charge in [0.05, 0.1) is 0 Å². The number of methoxy groups -OCH3 is 1. The number of carbonyl (C=O) groups excluding carboxylic acids is 2. The van der Waals surface area contributed by atoms with Gasteiger partial charge in [-0.25, -0.2) is 0 Å². The Hall–Kier alpha value is -2.70. The third kappa shape index (κ3) is 3.40. The normalized spacial score (nSPS) is 26.0. The second-order valence-corrected chi connectivity index (χ2v) is 6.12. The van der Waals surface area contributed by atoms with Gasteiger partial charge in [-0.2, -0.15) is 0 Å². The van der Waals surface area contributed by atoms with Crippen molar-refractivity contribution >= 4 is 11.8 Å². The maximum Gasteiger partial charge on any atom is 0.276 e. The zero-order valence-corrected chi connectivity index (χ0v) is 13.9. The highest BCUT2D eigenvalue weighted by molar-refractivity contribution is 6.00. The van der Waals surface area contributed by atoms with E-state index in [1.54, 1.807) is 24.3 Å². The maximum absolute atomic E-state index is 12.7. The van der Waals surface area contributed by atoms with E-state index >= 15 is 0 Å². The molecule has 0 unspecified atom stereocenters. The Morgan fingerprint density at radius 2 is 1.36 bits per heavy atom. The second-order valence-electron chi connectivity index (χ2n) is 6.12. The van der Waals surface area contributed by atoms with Gasteiger partial charge in [0.25, 0.3) is 11.8 Å². The van der Waals surface area contributed by atoms with Crippen molar-refractivity contribution in [2.24, 2.45) is 0 Å². The van der Waals surface area contributed by atoms with Gasteiger partial charge in [0, 0.05) is 20.0 Å². The molecule has 2 aromatic rings. The summed E-state index contributed by atoms with van der Waals surface area (Å²) in [5.41, 5.74) is -2.01. The molecule has 0 radical (unpaired) electrons. The highest BCUT2D eigenvalue weighted by Crippen LogP contribution is 2.23. The molecule has 2 atom stereocenters. The van der Waals surface area contributed by atoms with Crippen molar-refractivity contribution in [2.45, 2.75) is 24.3 Å². The summed E-state index contributed by atoms with van der Waals surface area (Å²) in [5, 5.41) is 15.7. The highest BCUT2D eigenvalue weighted by atomic mass is 16.5. The quantitative estimate of drug-likeness (QED) is 0.749. The Morgan fingerprint density at radius 3 is 1.88 bits per heavy atom. The van der Waals surface area contributed by atoms with Crippen molar-refractivity contribution < 1.29 is 19.4 Å². The summed E-state index contributed by atoms with van der Waals surface area (Å²) in [7, 11) is 1.35. The molecule has 25 heavy (non-hydrogen) atoms. The van der Waals surface area contributed by atoms with Gasteiger partial charge in [0.15, 0.2) is 0 Å². The number of aliphatic hydroxyl groups is 1. The molecular weight excluding hydrogens is 320 g/mol. The van der Waals surface area contributed by atoms with Gasteiger partial charge in [-0.3, -0.25) is 9.59 Å². The van der Waals surface area contributed by atoms with Gasteiger partial charge in [0.1, 0.15) is 0 Å². The lowest BCUT2D eigenvalue weighted by Crippen LogP contribution is -2.76. The Bertz CT molecular complexity index is 766. The van der Waals surface area contributed by atoms with Crippen LogP contribution in [0.1, 0.15) is 11.1 Å². The molecule has 3 N–H and O–H groups in total. The average Bonchev–Trinajstić information content (AvgIpc) is 2.61. The van der Waals surface area contributed by atoms with Gasteiger partial charge >= 0.3 is 0 Å². The largest absolute Gasteiger partial charge is 0.363 e. The van der Waals surface area contributed by atoms with E-state index in [9.17, 15) is 14.7 Å². The molecule has 2 amide bonds. The first-order valence-corrected chi connectivity index (χ1v) is 7.98. The molecule has 130 valence electrons. The molecule has 1 heterocycles. The van der Waals surface area contributed by atoms with Crippen LogP contribution in [0.15, 0.2) is 60.7 Å². The third-order valence-corrected chi connectivity index (χ3v) is 4.33. The number of nitrogens with one attached hydrogen (secondary N) is 2. The lowest BCUT2D eigenvalue weighted by atomic mass is 9.93. The number of benzene rings is 2. The van der Waals surface area contributed by atoms with Crippen molar-refractivity contribution in [3.63, 3.8) is 0 Å². The predicted octanol–water partition coefficient (Wildman–Crippen LogP) is 0.749. The predicted molar refractivity (Wildman–Crippen MR) is 91.3 cm³/mol. The van der Waals surface area contributed by atoms with Crippen molar-refractivity contribution in [3.8, 4) is 0 Å². The molecule has 0 saturated carbocycles. The van der Waals surface area contributed by atoms with Gasteiger partial charge < -0.3 is 20.5 Å². The van der Waals surface area contributed by atoms with E-state index in [-0.39, 0.29) is 12.8 Å². The fourth-order valence-electron chi connectivity index (χ4n) is 2.93. The van der Waals surface area contributed by atoms with Gasteiger partial charge in [-0.15, -0.1) is 0 Å². The molecule has 2 aromatic carbocycles. The van der Waals surface area contributed by atoms with E-state index in [1.807, 2.05) is 36.4 Å². The number of rotatable bonds is 5. The SMILES string of the molecule is CO[C@@]1(Cc2ccccc2)NC(=O)[C@](O)(Cc2ccccc2)NC1=O. The molecule has 0 aromatic heterocycles. The minimum atomic E-state index is -2.02. The molecule has 0 bridgehead atoms. The minimum absolute atomic E-state index is 0.0312. The number of hydrogen-bond donors (Lipinski definition) is 3. The van der Waals surface area contributed by atoms with Crippen LogP contribution in [0.4, 0.5) is 0 Å². The first-order chi connectivity index (χ1) is 12.0. The summed E-state index contributed by atoms with van der Waals surface area (Å²) in [4.78, 5) is 25.3. The van der Waals surface area contributed by atoms with Crippen LogP contribution in [0, 0.1) is 0 Å². The van der Waals surface area contributed by atoms with Gasteiger partial charge in [0.2, 0.25) is 11.4 Å². The number of carbonyl (C=O) groups is 2. The van der Waals surface area contributed by atoms with Crippen molar-refractivity contribution in [1.82, 2.24) is 10.6 Å². The Morgan fingerprint density at radius 1 is 0.840 bits per heavy atom. The summed E-state index contributed by atoms with van der Waals surface area (Å²) >= 11 is 0. The lowest BCUT2D eigenvalue weighted by molar-refractivity contribution is -0.180.